The number of ether oxygens (including phenoxy) is 2. The molecular weight excluding hydrogens is 324 g/mol. The van der Waals surface area contributed by atoms with Crippen molar-refractivity contribution in [3.8, 4) is 0 Å². The number of aromatic amines is 1. The molecule has 1 spiro atoms. The minimum Gasteiger partial charge on any atom is -0.381 e. The van der Waals surface area contributed by atoms with Crippen LogP contribution in [0, 0.1) is 0 Å². The van der Waals surface area contributed by atoms with Crippen molar-refractivity contribution in [3.05, 3.63) is 27.9 Å². The van der Waals surface area contributed by atoms with Gasteiger partial charge in [0.05, 0.1) is 12.1 Å². The Bertz CT molecular complexity index is 707. The van der Waals surface area contributed by atoms with Crippen LogP contribution >= 0.6 is 0 Å². The lowest BCUT2D eigenvalue weighted by Gasteiger charge is -2.33. The van der Waals surface area contributed by atoms with Gasteiger partial charge in [-0.05, 0) is 25.7 Å². The molecule has 2 atom stereocenters. The maximum Gasteiger partial charge on any atom is 0.263 e. The van der Waals surface area contributed by atoms with Crippen molar-refractivity contribution in [2.75, 3.05) is 33.0 Å². The molecular formula is C17H24N4O4. The zero-order valence-electron chi connectivity index (χ0n) is 14.2. The lowest BCUT2D eigenvalue weighted by molar-refractivity contribution is 0.0547. The number of rotatable bonds is 2. The van der Waals surface area contributed by atoms with Crippen LogP contribution in [-0.2, 0) is 9.47 Å². The fraction of sp³-hybridized carbons (Fsp3) is 0.706. The summed E-state index contributed by atoms with van der Waals surface area (Å²) < 4.78 is 10.9. The van der Waals surface area contributed by atoms with Crippen LogP contribution in [0.15, 0.2) is 11.0 Å². The van der Waals surface area contributed by atoms with E-state index in [9.17, 15) is 9.59 Å². The number of amides is 1. The molecule has 1 amide bonds. The van der Waals surface area contributed by atoms with Gasteiger partial charge in [-0.3, -0.25) is 9.59 Å². The number of hydrogen-bond acceptors (Lipinski definition) is 6. The van der Waals surface area contributed by atoms with Gasteiger partial charge in [0.15, 0.2) is 0 Å². The fourth-order valence-electron chi connectivity index (χ4n) is 4.24. The van der Waals surface area contributed by atoms with E-state index in [0.29, 0.717) is 45.2 Å². The van der Waals surface area contributed by atoms with Gasteiger partial charge in [0, 0.05) is 44.5 Å². The monoisotopic (exact) mass is 348 g/mol. The molecule has 4 rings (SSSR count). The Hall–Kier alpha value is -1.77. The first-order chi connectivity index (χ1) is 12.1. The molecule has 3 aliphatic rings. The van der Waals surface area contributed by atoms with Crippen molar-refractivity contribution < 1.29 is 14.3 Å². The van der Waals surface area contributed by atoms with Crippen LogP contribution in [0.3, 0.4) is 0 Å². The molecule has 0 radical (unpaired) electrons. The Morgan fingerprint density at radius 2 is 2.12 bits per heavy atom. The van der Waals surface area contributed by atoms with Crippen LogP contribution in [0.1, 0.15) is 47.8 Å². The van der Waals surface area contributed by atoms with Crippen molar-refractivity contribution in [1.29, 1.82) is 0 Å². The smallest absolute Gasteiger partial charge is 0.263 e. The number of nitrogens with zero attached hydrogens (tertiary/aromatic N) is 2. The third-order valence-electron chi connectivity index (χ3n) is 5.62. The molecule has 1 aromatic rings. The largest absolute Gasteiger partial charge is 0.381 e. The average Bonchev–Trinajstić information content (AvgIpc) is 3.22. The highest BCUT2D eigenvalue weighted by molar-refractivity contribution is 5.94. The lowest BCUT2D eigenvalue weighted by atomic mass is 9.94. The highest BCUT2D eigenvalue weighted by Crippen LogP contribution is 2.36. The highest BCUT2D eigenvalue weighted by Gasteiger charge is 2.49. The first-order valence-corrected chi connectivity index (χ1v) is 8.91. The van der Waals surface area contributed by atoms with Gasteiger partial charge in [-0.2, -0.15) is 0 Å². The third-order valence-corrected chi connectivity index (χ3v) is 5.62. The van der Waals surface area contributed by atoms with Gasteiger partial charge in [0.1, 0.15) is 11.4 Å². The maximum atomic E-state index is 13.0. The highest BCUT2D eigenvalue weighted by atomic mass is 16.5. The van der Waals surface area contributed by atoms with Crippen LogP contribution in [0.25, 0.3) is 0 Å². The second-order valence-electron chi connectivity index (χ2n) is 7.30. The first-order valence-electron chi connectivity index (χ1n) is 8.91. The molecule has 3 fully saturated rings. The molecule has 3 N–H and O–H groups in total. The van der Waals surface area contributed by atoms with Crippen molar-refractivity contribution in [2.24, 2.45) is 5.73 Å². The van der Waals surface area contributed by atoms with Gasteiger partial charge < -0.3 is 25.1 Å². The Labute approximate surface area is 145 Å². The van der Waals surface area contributed by atoms with E-state index in [1.54, 1.807) is 4.90 Å². The molecule has 0 bridgehead atoms. The molecule has 2 unspecified atom stereocenters. The third kappa shape index (κ3) is 2.98. The Kier molecular flexibility index (Phi) is 4.35. The van der Waals surface area contributed by atoms with E-state index in [2.05, 4.69) is 9.97 Å². The molecule has 0 aliphatic carbocycles. The predicted octanol–water partition coefficient (Wildman–Crippen LogP) is -0.00380. The second-order valence-corrected chi connectivity index (χ2v) is 7.30. The quantitative estimate of drug-likeness (QED) is 0.778. The average molecular weight is 348 g/mol. The predicted molar refractivity (Wildman–Crippen MR) is 89.4 cm³/mol. The van der Waals surface area contributed by atoms with Crippen molar-refractivity contribution in [3.63, 3.8) is 0 Å². The van der Waals surface area contributed by atoms with E-state index in [1.807, 2.05) is 0 Å². The SMILES string of the molecule is NC1CN(C(=O)c2cnc(C3CCOCC3)[nH]c2=O)C2(CCOC2)C1. The fourth-order valence-corrected chi connectivity index (χ4v) is 4.24. The summed E-state index contributed by atoms with van der Waals surface area (Å²) in [5.74, 6) is 0.521. The number of H-pyrrole nitrogens is 1. The van der Waals surface area contributed by atoms with Crippen molar-refractivity contribution >= 4 is 5.91 Å². The summed E-state index contributed by atoms with van der Waals surface area (Å²) in [5, 5.41) is 0. The summed E-state index contributed by atoms with van der Waals surface area (Å²) in [6.45, 7) is 2.89. The van der Waals surface area contributed by atoms with Crippen LogP contribution in [0.5, 0.6) is 0 Å². The Morgan fingerprint density at radius 1 is 1.32 bits per heavy atom. The number of carbonyl (C=O) groups is 1. The van der Waals surface area contributed by atoms with Gasteiger partial charge in [-0.25, -0.2) is 4.98 Å². The summed E-state index contributed by atoms with van der Waals surface area (Å²) in [6.07, 6.45) is 4.55. The van der Waals surface area contributed by atoms with Crippen LogP contribution in [0.2, 0.25) is 0 Å². The number of aromatic nitrogens is 2. The Morgan fingerprint density at radius 3 is 2.80 bits per heavy atom. The maximum absolute atomic E-state index is 13.0. The van der Waals surface area contributed by atoms with Crippen LogP contribution < -0.4 is 11.3 Å². The van der Waals surface area contributed by atoms with Gasteiger partial charge in [-0.15, -0.1) is 0 Å². The molecule has 136 valence electrons. The molecule has 3 aliphatic heterocycles. The van der Waals surface area contributed by atoms with Gasteiger partial charge >= 0.3 is 0 Å². The molecule has 8 heteroatoms. The van der Waals surface area contributed by atoms with Gasteiger partial charge in [0.2, 0.25) is 0 Å². The first kappa shape index (κ1) is 16.7. The van der Waals surface area contributed by atoms with E-state index in [4.69, 9.17) is 15.2 Å². The molecule has 25 heavy (non-hydrogen) atoms. The number of nitrogens with one attached hydrogen (secondary N) is 1. The molecule has 0 aromatic carbocycles. The lowest BCUT2D eigenvalue weighted by Crippen LogP contribution is -2.49. The molecule has 8 nitrogen and oxygen atoms in total. The summed E-state index contributed by atoms with van der Waals surface area (Å²) in [6, 6.07) is -0.0841. The van der Waals surface area contributed by atoms with E-state index < -0.39 is 0 Å². The summed E-state index contributed by atoms with van der Waals surface area (Å²) >= 11 is 0. The van der Waals surface area contributed by atoms with Gasteiger partial charge in [0.25, 0.3) is 11.5 Å². The number of hydrogen-bond donors (Lipinski definition) is 2. The van der Waals surface area contributed by atoms with Crippen molar-refractivity contribution in [1.82, 2.24) is 14.9 Å². The minimum absolute atomic E-state index is 0.0798. The summed E-state index contributed by atoms with van der Waals surface area (Å²) in [5.41, 5.74) is 5.42. The van der Waals surface area contributed by atoms with E-state index in [-0.39, 0.29) is 34.5 Å². The zero-order valence-corrected chi connectivity index (χ0v) is 14.2. The topological polar surface area (TPSA) is 111 Å². The number of carbonyl (C=O) groups excluding carboxylic acids is 1. The summed E-state index contributed by atoms with van der Waals surface area (Å²) in [4.78, 5) is 34.4. The van der Waals surface area contributed by atoms with Gasteiger partial charge in [-0.1, -0.05) is 0 Å². The van der Waals surface area contributed by atoms with Crippen LogP contribution in [0.4, 0.5) is 0 Å². The van der Waals surface area contributed by atoms with Crippen LogP contribution in [-0.4, -0.2) is 65.3 Å². The molecule has 1 aromatic heterocycles. The standard InChI is InChI=1S/C17H24N4O4/c18-12-7-17(3-6-25-10-17)21(9-12)16(23)13-8-19-14(20-15(13)22)11-1-4-24-5-2-11/h8,11-12H,1-7,9-10,18H2,(H,19,20,22). The molecule has 3 saturated heterocycles. The Balaban J connectivity index is 1.58. The molecule has 4 heterocycles. The second kappa shape index (κ2) is 6.51. The van der Waals surface area contributed by atoms with E-state index in [0.717, 1.165) is 19.3 Å². The molecule has 0 saturated carbocycles. The number of nitrogens with two attached hydrogens (primary N) is 1. The summed E-state index contributed by atoms with van der Waals surface area (Å²) in [7, 11) is 0. The number of likely N-dealkylation sites (tertiary alicyclic amines) is 1. The van der Waals surface area contributed by atoms with Crippen molar-refractivity contribution in [2.45, 2.75) is 43.2 Å². The van der Waals surface area contributed by atoms with E-state index >= 15 is 0 Å². The minimum atomic E-state index is -0.379. The zero-order chi connectivity index (χ0) is 17.4. The van der Waals surface area contributed by atoms with E-state index in [1.165, 1.54) is 6.20 Å². The normalized spacial score (nSPS) is 30.3.